The summed E-state index contributed by atoms with van der Waals surface area (Å²) in [4.78, 5) is 12.6. The lowest BCUT2D eigenvalue weighted by atomic mass is 10.1. The van der Waals surface area contributed by atoms with Crippen molar-refractivity contribution >= 4 is 33.2 Å². The maximum atomic E-state index is 12.7. The maximum Gasteiger partial charge on any atom is 0.262 e. The van der Waals surface area contributed by atoms with Gasteiger partial charge in [0.25, 0.3) is 15.9 Å². The molecule has 0 aliphatic rings. The van der Waals surface area contributed by atoms with Crippen LogP contribution in [-0.4, -0.2) is 21.4 Å². The minimum absolute atomic E-state index is 0.0350. The van der Waals surface area contributed by atoms with Crippen LogP contribution in [0.1, 0.15) is 28.9 Å². The fourth-order valence-electron chi connectivity index (χ4n) is 2.86. The Balaban J connectivity index is 1.72. The molecule has 0 saturated heterocycles. The normalized spacial score (nSPS) is 12.1. The number of amides is 1. The van der Waals surface area contributed by atoms with Crippen LogP contribution in [0.25, 0.3) is 0 Å². The zero-order valence-electron chi connectivity index (χ0n) is 16.4. The summed E-state index contributed by atoms with van der Waals surface area (Å²) >= 11 is 6.00. The summed E-state index contributed by atoms with van der Waals surface area (Å²) in [5.41, 5.74) is 1.55. The highest BCUT2D eigenvalue weighted by Crippen LogP contribution is 2.26. The first-order chi connectivity index (χ1) is 14.3. The summed E-state index contributed by atoms with van der Waals surface area (Å²) in [7, 11) is -2.37. The Hall–Kier alpha value is -3.03. The maximum absolute atomic E-state index is 12.7. The highest BCUT2D eigenvalue weighted by molar-refractivity contribution is 7.92. The van der Waals surface area contributed by atoms with E-state index >= 15 is 0 Å². The third-order valence-electron chi connectivity index (χ3n) is 4.47. The number of ether oxygens (including phenoxy) is 1. The summed E-state index contributed by atoms with van der Waals surface area (Å²) < 4.78 is 33.0. The number of nitrogens with one attached hydrogen (secondary N) is 2. The van der Waals surface area contributed by atoms with Crippen LogP contribution in [-0.2, 0) is 10.0 Å². The predicted octanol–water partition coefficient (Wildman–Crippen LogP) is 4.64. The molecule has 0 aliphatic heterocycles. The van der Waals surface area contributed by atoms with Gasteiger partial charge >= 0.3 is 0 Å². The summed E-state index contributed by atoms with van der Waals surface area (Å²) in [6.07, 6.45) is 0. The predicted molar refractivity (Wildman–Crippen MR) is 118 cm³/mol. The second-order valence-corrected chi connectivity index (χ2v) is 8.70. The second kappa shape index (κ2) is 9.19. The Labute approximate surface area is 180 Å². The van der Waals surface area contributed by atoms with Gasteiger partial charge in [-0.1, -0.05) is 35.9 Å². The van der Waals surface area contributed by atoms with Gasteiger partial charge in [-0.05, 0) is 61.0 Å². The molecule has 8 heteroatoms. The van der Waals surface area contributed by atoms with Crippen molar-refractivity contribution in [1.82, 2.24) is 5.32 Å². The largest absolute Gasteiger partial charge is 0.495 e. The Morgan fingerprint density at radius 3 is 2.37 bits per heavy atom. The number of para-hydroxylation sites is 2. The molecule has 0 radical (unpaired) electrons. The lowest BCUT2D eigenvalue weighted by Gasteiger charge is -2.15. The minimum atomic E-state index is -3.84. The first-order valence-electron chi connectivity index (χ1n) is 9.12. The number of sulfonamides is 1. The number of methoxy groups -OCH3 is 1. The lowest BCUT2D eigenvalue weighted by Crippen LogP contribution is -2.26. The average Bonchev–Trinajstić information content (AvgIpc) is 2.74. The van der Waals surface area contributed by atoms with Crippen molar-refractivity contribution in [1.29, 1.82) is 0 Å². The van der Waals surface area contributed by atoms with Gasteiger partial charge in [0.2, 0.25) is 0 Å². The first kappa shape index (κ1) is 21.7. The zero-order valence-corrected chi connectivity index (χ0v) is 18.0. The number of rotatable bonds is 7. The third kappa shape index (κ3) is 5.11. The van der Waals surface area contributed by atoms with Crippen molar-refractivity contribution in [3.05, 3.63) is 88.9 Å². The van der Waals surface area contributed by atoms with E-state index in [0.29, 0.717) is 22.0 Å². The fourth-order valence-corrected chi connectivity index (χ4v) is 4.13. The van der Waals surface area contributed by atoms with Crippen LogP contribution in [0.15, 0.2) is 77.7 Å². The standard InChI is InChI=1S/C22H21ClN2O4S/c1-15(17-6-5-7-18(23)14-17)24-22(26)16-10-12-19(13-11-16)30(27,28)25-20-8-3-4-9-21(20)29-2/h3-15,25H,1-2H3,(H,24,26). The van der Waals surface area contributed by atoms with E-state index < -0.39 is 10.0 Å². The Morgan fingerprint density at radius 2 is 1.70 bits per heavy atom. The van der Waals surface area contributed by atoms with Crippen molar-refractivity contribution in [2.75, 3.05) is 11.8 Å². The average molecular weight is 445 g/mol. The third-order valence-corrected chi connectivity index (χ3v) is 6.09. The lowest BCUT2D eigenvalue weighted by molar-refractivity contribution is 0.0940. The van der Waals surface area contributed by atoms with Crippen molar-refractivity contribution in [3.63, 3.8) is 0 Å². The molecule has 0 saturated carbocycles. The Kier molecular flexibility index (Phi) is 6.64. The zero-order chi connectivity index (χ0) is 21.7. The minimum Gasteiger partial charge on any atom is -0.495 e. The number of hydrogen-bond donors (Lipinski definition) is 2. The summed E-state index contributed by atoms with van der Waals surface area (Å²) in [6.45, 7) is 1.85. The highest BCUT2D eigenvalue weighted by Gasteiger charge is 2.18. The number of carbonyl (C=O) groups excluding carboxylic acids is 1. The van der Waals surface area contributed by atoms with Crippen LogP contribution in [0.4, 0.5) is 5.69 Å². The molecule has 1 atom stereocenters. The second-order valence-electron chi connectivity index (χ2n) is 6.58. The van der Waals surface area contributed by atoms with Gasteiger partial charge in [0.1, 0.15) is 5.75 Å². The van der Waals surface area contributed by atoms with E-state index in [-0.39, 0.29) is 16.8 Å². The molecule has 1 unspecified atom stereocenters. The molecule has 0 spiro atoms. The topological polar surface area (TPSA) is 84.5 Å². The highest BCUT2D eigenvalue weighted by atomic mass is 35.5. The van der Waals surface area contributed by atoms with Gasteiger partial charge in [0.15, 0.2) is 0 Å². The van der Waals surface area contributed by atoms with Gasteiger partial charge in [-0.2, -0.15) is 0 Å². The fraction of sp³-hybridized carbons (Fsp3) is 0.136. The van der Waals surface area contributed by atoms with Gasteiger partial charge in [0.05, 0.1) is 23.7 Å². The van der Waals surface area contributed by atoms with E-state index in [1.807, 2.05) is 19.1 Å². The van der Waals surface area contributed by atoms with Gasteiger partial charge in [0, 0.05) is 10.6 Å². The van der Waals surface area contributed by atoms with E-state index in [1.165, 1.54) is 31.4 Å². The van der Waals surface area contributed by atoms with E-state index in [0.717, 1.165) is 5.56 Å². The Bertz CT molecular complexity index is 1150. The van der Waals surface area contributed by atoms with Crippen LogP contribution >= 0.6 is 11.6 Å². The van der Waals surface area contributed by atoms with Crippen LogP contribution in [0.2, 0.25) is 5.02 Å². The smallest absolute Gasteiger partial charge is 0.262 e. The van der Waals surface area contributed by atoms with Gasteiger partial charge < -0.3 is 10.1 Å². The summed E-state index contributed by atoms with van der Waals surface area (Å²) in [6, 6.07) is 19.4. The number of benzene rings is 3. The number of anilines is 1. The molecular weight excluding hydrogens is 424 g/mol. The van der Waals surface area contributed by atoms with Gasteiger partial charge in [-0.25, -0.2) is 8.42 Å². The van der Waals surface area contributed by atoms with E-state index in [2.05, 4.69) is 10.0 Å². The quantitative estimate of drug-likeness (QED) is 0.556. The number of carbonyl (C=O) groups is 1. The van der Waals surface area contributed by atoms with E-state index in [4.69, 9.17) is 16.3 Å². The molecular formula is C22H21ClN2O4S. The molecule has 1 amide bonds. The van der Waals surface area contributed by atoms with Gasteiger partial charge in [-0.3, -0.25) is 9.52 Å². The van der Waals surface area contributed by atoms with E-state index in [1.54, 1.807) is 36.4 Å². The molecule has 30 heavy (non-hydrogen) atoms. The molecule has 2 N–H and O–H groups in total. The molecule has 6 nitrogen and oxygen atoms in total. The van der Waals surface area contributed by atoms with Crippen LogP contribution < -0.4 is 14.8 Å². The molecule has 0 aromatic heterocycles. The van der Waals surface area contributed by atoms with Crippen molar-refractivity contribution in [2.24, 2.45) is 0 Å². The molecule has 3 aromatic rings. The number of hydrogen-bond acceptors (Lipinski definition) is 4. The van der Waals surface area contributed by atoms with Crippen molar-refractivity contribution in [2.45, 2.75) is 17.9 Å². The number of halogens is 1. The van der Waals surface area contributed by atoms with Gasteiger partial charge in [-0.15, -0.1) is 0 Å². The summed E-state index contributed by atoms with van der Waals surface area (Å²) in [5.74, 6) is 0.0937. The SMILES string of the molecule is COc1ccccc1NS(=O)(=O)c1ccc(C(=O)NC(C)c2cccc(Cl)c2)cc1. The summed E-state index contributed by atoms with van der Waals surface area (Å²) in [5, 5.41) is 3.46. The van der Waals surface area contributed by atoms with Crippen molar-refractivity contribution < 1.29 is 17.9 Å². The van der Waals surface area contributed by atoms with Crippen molar-refractivity contribution in [3.8, 4) is 5.75 Å². The Morgan fingerprint density at radius 1 is 1.00 bits per heavy atom. The van der Waals surface area contributed by atoms with Crippen LogP contribution in [0.5, 0.6) is 5.75 Å². The molecule has 0 aliphatic carbocycles. The molecule has 3 rings (SSSR count). The molecule has 156 valence electrons. The first-order valence-corrected chi connectivity index (χ1v) is 11.0. The van der Waals surface area contributed by atoms with Crippen LogP contribution in [0, 0.1) is 0 Å². The van der Waals surface area contributed by atoms with E-state index in [9.17, 15) is 13.2 Å². The molecule has 0 fully saturated rings. The monoisotopic (exact) mass is 444 g/mol. The molecule has 0 heterocycles. The molecule has 0 bridgehead atoms. The van der Waals surface area contributed by atoms with Crippen LogP contribution in [0.3, 0.4) is 0 Å². The molecule has 3 aromatic carbocycles.